The summed E-state index contributed by atoms with van der Waals surface area (Å²) in [7, 11) is 0. The summed E-state index contributed by atoms with van der Waals surface area (Å²) in [5.41, 5.74) is 3.41. The van der Waals surface area contributed by atoms with Gasteiger partial charge in [0.2, 0.25) is 0 Å². The predicted molar refractivity (Wildman–Crippen MR) is 115 cm³/mol. The van der Waals surface area contributed by atoms with Crippen LogP contribution in [0.4, 0.5) is 0 Å². The van der Waals surface area contributed by atoms with Gasteiger partial charge in [-0.15, -0.1) is 0 Å². The SMILES string of the molecule is CC(C)n1c(=O)c2c(-c3nc(Cc4ccc(Cl)cc4)no3)ncn2c2ccccc21. The molecule has 3 aromatic heterocycles. The minimum atomic E-state index is -0.145. The van der Waals surface area contributed by atoms with Crippen LogP contribution in [0.5, 0.6) is 0 Å². The highest BCUT2D eigenvalue weighted by Crippen LogP contribution is 2.25. The van der Waals surface area contributed by atoms with Gasteiger partial charge in [-0.1, -0.05) is 41.0 Å². The molecule has 0 aliphatic carbocycles. The molecule has 5 rings (SSSR count). The summed E-state index contributed by atoms with van der Waals surface area (Å²) >= 11 is 5.94. The Kier molecular flexibility index (Phi) is 4.40. The van der Waals surface area contributed by atoms with Crippen molar-refractivity contribution in [1.82, 2.24) is 24.1 Å². The first-order chi connectivity index (χ1) is 14.5. The maximum atomic E-state index is 13.4. The van der Waals surface area contributed by atoms with Crippen molar-refractivity contribution < 1.29 is 4.52 Å². The van der Waals surface area contributed by atoms with Crippen molar-refractivity contribution in [2.24, 2.45) is 0 Å². The Morgan fingerprint density at radius 1 is 1.07 bits per heavy atom. The number of nitrogens with zero attached hydrogens (tertiary/aromatic N) is 5. The molecule has 0 saturated heterocycles. The first kappa shape index (κ1) is 18.6. The van der Waals surface area contributed by atoms with Crippen molar-refractivity contribution in [3.05, 3.63) is 81.6 Å². The van der Waals surface area contributed by atoms with E-state index in [1.165, 1.54) is 0 Å². The monoisotopic (exact) mass is 419 g/mol. The van der Waals surface area contributed by atoms with Gasteiger partial charge in [-0.05, 0) is 43.7 Å². The molecule has 0 unspecified atom stereocenters. The van der Waals surface area contributed by atoms with E-state index in [9.17, 15) is 4.79 Å². The number of aromatic nitrogens is 5. The number of hydrogen-bond acceptors (Lipinski definition) is 5. The van der Waals surface area contributed by atoms with E-state index in [0.717, 1.165) is 16.6 Å². The molecule has 150 valence electrons. The molecular weight excluding hydrogens is 402 g/mol. The fourth-order valence-corrected chi connectivity index (χ4v) is 3.83. The quantitative estimate of drug-likeness (QED) is 0.428. The second-order valence-electron chi connectivity index (χ2n) is 7.39. The topological polar surface area (TPSA) is 78.2 Å². The molecule has 0 N–H and O–H groups in total. The summed E-state index contributed by atoms with van der Waals surface area (Å²) in [6, 6.07) is 15.2. The average Bonchev–Trinajstić information content (AvgIpc) is 3.37. The molecule has 0 atom stereocenters. The molecule has 0 fully saturated rings. The number of fused-ring (bicyclic) bond motifs is 3. The van der Waals surface area contributed by atoms with E-state index in [1.54, 1.807) is 15.3 Å². The zero-order valence-corrected chi connectivity index (χ0v) is 17.2. The second kappa shape index (κ2) is 7.11. The fraction of sp³-hybridized carbons (Fsp3) is 0.182. The third-order valence-electron chi connectivity index (χ3n) is 5.05. The van der Waals surface area contributed by atoms with Gasteiger partial charge in [-0.2, -0.15) is 4.98 Å². The van der Waals surface area contributed by atoms with Crippen LogP contribution in [0.15, 0.2) is 64.2 Å². The van der Waals surface area contributed by atoms with Crippen LogP contribution >= 0.6 is 11.6 Å². The van der Waals surface area contributed by atoms with Crippen LogP contribution < -0.4 is 5.56 Å². The maximum Gasteiger partial charge on any atom is 0.278 e. The number of benzene rings is 2. The Hall–Kier alpha value is -3.45. The van der Waals surface area contributed by atoms with Crippen LogP contribution in [0, 0.1) is 0 Å². The van der Waals surface area contributed by atoms with Gasteiger partial charge in [-0.3, -0.25) is 9.20 Å². The van der Waals surface area contributed by atoms with Crippen LogP contribution in [0.3, 0.4) is 0 Å². The molecule has 0 aliphatic rings. The normalized spacial score (nSPS) is 11.7. The minimum Gasteiger partial charge on any atom is -0.332 e. The smallest absolute Gasteiger partial charge is 0.278 e. The van der Waals surface area contributed by atoms with Crippen LogP contribution in [0.2, 0.25) is 5.02 Å². The molecule has 3 heterocycles. The lowest BCUT2D eigenvalue weighted by atomic mass is 10.1. The van der Waals surface area contributed by atoms with E-state index < -0.39 is 0 Å². The van der Waals surface area contributed by atoms with E-state index >= 15 is 0 Å². The summed E-state index contributed by atoms with van der Waals surface area (Å²) in [6.45, 7) is 3.97. The maximum absolute atomic E-state index is 13.4. The summed E-state index contributed by atoms with van der Waals surface area (Å²) in [6.07, 6.45) is 2.12. The Bertz CT molecular complexity index is 1430. The number of hydrogen-bond donors (Lipinski definition) is 0. The van der Waals surface area contributed by atoms with Crippen LogP contribution in [0.1, 0.15) is 31.3 Å². The standard InChI is InChI=1S/C22H18ClN5O2/c1-13(2)28-17-6-4-3-5-16(17)27-12-24-19(20(27)22(28)29)21-25-18(26-30-21)11-14-7-9-15(23)10-8-14/h3-10,12-13H,11H2,1-2H3. The third kappa shape index (κ3) is 2.98. The van der Waals surface area contributed by atoms with Crippen molar-refractivity contribution in [1.29, 1.82) is 0 Å². The van der Waals surface area contributed by atoms with E-state index in [2.05, 4.69) is 15.1 Å². The van der Waals surface area contributed by atoms with E-state index in [1.807, 2.05) is 62.4 Å². The molecule has 2 aromatic carbocycles. The van der Waals surface area contributed by atoms with Crippen molar-refractivity contribution in [2.45, 2.75) is 26.3 Å². The van der Waals surface area contributed by atoms with E-state index in [0.29, 0.717) is 28.5 Å². The molecule has 0 amide bonds. The Morgan fingerprint density at radius 2 is 1.80 bits per heavy atom. The van der Waals surface area contributed by atoms with Gasteiger partial charge < -0.3 is 9.09 Å². The number of para-hydroxylation sites is 2. The lowest BCUT2D eigenvalue weighted by Crippen LogP contribution is -2.24. The van der Waals surface area contributed by atoms with Gasteiger partial charge >= 0.3 is 0 Å². The lowest BCUT2D eigenvalue weighted by Gasteiger charge is -2.15. The van der Waals surface area contributed by atoms with Gasteiger partial charge in [0.05, 0.1) is 11.0 Å². The zero-order valence-electron chi connectivity index (χ0n) is 16.4. The number of rotatable bonds is 4. The van der Waals surface area contributed by atoms with Gasteiger partial charge in [0.25, 0.3) is 11.4 Å². The summed E-state index contributed by atoms with van der Waals surface area (Å²) in [4.78, 5) is 22.3. The third-order valence-corrected chi connectivity index (χ3v) is 5.30. The van der Waals surface area contributed by atoms with Gasteiger partial charge in [0.15, 0.2) is 11.5 Å². The number of imidazole rings is 1. The van der Waals surface area contributed by atoms with Gasteiger partial charge in [-0.25, -0.2) is 4.98 Å². The highest BCUT2D eigenvalue weighted by molar-refractivity contribution is 6.30. The Balaban J connectivity index is 1.65. The van der Waals surface area contributed by atoms with E-state index in [-0.39, 0.29) is 17.5 Å². The van der Waals surface area contributed by atoms with Crippen molar-refractivity contribution in [3.63, 3.8) is 0 Å². The van der Waals surface area contributed by atoms with Crippen molar-refractivity contribution in [2.75, 3.05) is 0 Å². The number of halogens is 1. The molecule has 30 heavy (non-hydrogen) atoms. The highest BCUT2D eigenvalue weighted by Gasteiger charge is 2.21. The van der Waals surface area contributed by atoms with Gasteiger partial charge in [0, 0.05) is 17.5 Å². The molecule has 0 saturated carbocycles. The van der Waals surface area contributed by atoms with Crippen molar-refractivity contribution in [3.8, 4) is 11.6 Å². The first-order valence-corrected chi connectivity index (χ1v) is 9.98. The molecule has 0 spiro atoms. The van der Waals surface area contributed by atoms with Crippen LogP contribution in [-0.4, -0.2) is 24.1 Å². The molecule has 8 heteroatoms. The average molecular weight is 420 g/mol. The fourth-order valence-electron chi connectivity index (χ4n) is 3.71. The molecule has 0 radical (unpaired) electrons. The Labute approximate surface area is 176 Å². The minimum absolute atomic E-state index is 0.0155. The first-order valence-electron chi connectivity index (χ1n) is 9.60. The summed E-state index contributed by atoms with van der Waals surface area (Å²) in [5.74, 6) is 0.739. The van der Waals surface area contributed by atoms with Crippen LogP contribution in [-0.2, 0) is 6.42 Å². The summed E-state index contributed by atoms with van der Waals surface area (Å²) < 4.78 is 9.02. The molecule has 0 bridgehead atoms. The van der Waals surface area contributed by atoms with Crippen molar-refractivity contribution >= 4 is 28.2 Å². The highest BCUT2D eigenvalue weighted by atomic mass is 35.5. The largest absolute Gasteiger partial charge is 0.332 e. The summed E-state index contributed by atoms with van der Waals surface area (Å²) in [5, 5.41) is 4.74. The van der Waals surface area contributed by atoms with Crippen LogP contribution in [0.25, 0.3) is 28.1 Å². The molecule has 0 aliphatic heterocycles. The second-order valence-corrected chi connectivity index (χ2v) is 7.82. The van der Waals surface area contributed by atoms with E-state index in [4.69, 9.17) is 16.1 Å². The predicted octanol–water partition coefficient (Wildman–Crippen LogP) is 4.52. The zero-order chi connectivity index (χ0) is 20.8. The lowest BCUT2D eigenvalue weighted by molar-refractivity contribution is 0.423. The van der Waals surface area contributed by atoms with Gasteiger partial charge in [0.1, 0.15) is 11.8 Å². The molecule has 7 nitrogen and oxygen atoms in total. The molecular formula is C22H18ClN5O2. The Morgan fingerprint density at radius 3 is 2.53 bits per heavy atom. The molecule has 5 aromatic rings.